The smallest absolute Gasteiger partial charge is 0.258 e. The number of hydrogen-bond donors (Lipinski definition) is 2. The lowest BCUT2D eigenvalue weighted by atomic mass is 10.2. The Kier molecular flexibility index (Phi) is 3.25. The molecule has 0 fully saturated rings. The molecule has 86 valence electrons. The Morgan fingerprint density at radius 3 is 2.76 bits per heavy atom. The van der Waals surface area contributed by atoms with Crippen LogP contribution in [-0.2, 0) is 0 Å². The summed E-state index contributed by atoms with van der Waals surface area (Å²) in [5.74, 6) is 0.0867. The topological polar surface area (TPSA) is 68.0 Å². The van der Waals surface area contributed by atoms with Crippen LogP contribution in [0, 0.1) is 0 Å². The standard InChI is InChI=1S/C12H10ClN3O/c13-10-4-2-1-3-9(10)12(17)16-11-7-8(14)5-6-15-11/h1-7H,(H3,14,15,16,17). The lowest BCUT2D eigenvalue weighted by Crippen LogP contribution is -2.13. The quantitative estimate of drug-likeness (QED) is 0.857. The molecule has 0 bridgehead atoms. The third-order valence-corrected chi connectivity index (χ3v) is 2.47. The van der Waals surface area contributed by atoms with Crippen LogP contribution in [0.5, 0.6) is 0 Å². The van der Waals surface area contributed by atoms with Gasteiger partial charge in [0, 0.05) is 18.0 Å². The first-order valence-corrected chi connectivity index (χ1v) is 5.32. The Bertz CT molecular complexity index is 557. The number of nitrogens with zero attached hydrogens (tertiary/aromatic N) is 1. The Morgan fingerprint density at radius 1 is 1.29 bits per heavy atom. The van der Waals surface area contributed by atoms with Gasteiger partial charge in [0.2, 0.25) is 0 Å². The predicted molar refractivity (Wildman–Crippen MR) is 68.1 cm³/mol. The van der Waals surface area contributed by atoms with Gasteiger partial charge < -0.3 is 11.1 Å². The fraction of sp³-hybridized carbons (Fsp3) is 0. The molecule has 2 aromatic rings. The summed E-state index contributed by atoms with van der Waals surface area (Å²) in [5, 5.41) is 3.02. The molecule has 2 rings (SSSR count). The third kappa shape index (κ3) is 2.73. The summed E-state index contributed by atoms with van der Waals surface area (Å²) in [6.45, 7) is 0. The molecule has 1 aromatic heterocycles. The number of halogens is 1. The number of carbonyl (C=O) groups is 1. The Hall–Kier alpha value is -2.07. The van der Waals surface area contributed by atoms with Gasteiger partial charge in [-0.3, -0.25) is 4.79 Å². The monoisotopic (exact) mass is 247 g/mol. The van der Waals surface area contributed by atoms with Crippen molar-refractivity contribution in [1.82, 2.24) is 4.98 Å². The number of benzene rings is 1. The van der Waals surface area contributed by atoms with Crippen molar-refractivity contribution in [3.63, 3.8) is 0 Å². The van der Waals surface area contributed by atoms with Crippen LogP contribution in [0.2, 0.25) is 5.02 Å². The van der Waals surface area contributed by atoms with Gasteiger partial charge in [-0.1, -0.05) is 23.7 Å². The van der Waals surface area contributed by atoms with E-state index < -0.39 is 0 Å². The number of hydrogen-bond acceptors (Lipinski definition) is 3. The van der Waals surface area contributed by atoms with Crippen LogP contribution in [0.15, 0.2) is 42.6 Å². The average molecular weight is 248 g/mol. The van der Waals surface area contributed by atoms with Gasteiger partial charge in [0.05, 0.1) is 10.6 Å². The zero-order valence-electron chi connectivity index (χ0n) is 8.85. The first kappa shape index (κ1) is 11.4. The minimum atomic E-state index is -0.311. The van der Waals surface area contributed by atoms with E-state index in [-0.39, 0.29) is 5.91 Å². The molecule has 0 unspecified atom stereocenters. The van der Waals surface area contributed by atoms with Gasteiger partial charge in [-0.25, -0.2) is 4.98 Å². The maximum atomic E-state index is 11.9. The summed E-state index contributed by atoms with van der Waals surface area (Å²) < 4.78 is 0. The highest BCUT2D eigenvalue weighted by atomic mass is 35.5. The van der Waals surface area contributed by atoms with Gasteiger partial charge >= 0.3 is 0 Å². The van der Waals surface area contributed by atoms with E-state index in [9.17, 15) is 4.79 Å². The molecule has 0 saturated heterocycles. The van der Waals surface area contributed by atoms with Gasteiger partial charge in [0.15, 0.2) is 0 Å². The number of aromatic nitrogens is 1. The van der Waals surface area contributed by atoms with E-state index in [0.29, 0.717) is 22.1 Å². The van der Waals surface area contributed by atoms with Crippen LogP contribution in [0.4, 0.5) is 11.5 Å². The highest BCUT2D eigenvalue weighted by Gasteiger charge is 2.10. The molecule has 0 saturated carbocycles. The maximum absolute atomic E-state index is 11.9. The van der Waals surface area contributed by atoms with Crippen LogP contribution >= 0.6 is 11.6 Å². The van der Waals surface area contributed by atoms with Crippen LogP contribution in [-0.4, -0.2) is 10.9 Å². The molecule has 1 aromatic carbocycles. The molecule has 3 N–H and O–H groups in total. The van der Waals surface area contributed by atoms with E-state index in [0.717, 1.165) is 0 Å². The summed E-state index contributed by atoms with van der Waals surface area (Å²) in [7, 11) is 0. The molecule has 0 aliphatic carbocycles. The Labute approximate surface area is 103 Å². The van der Waals surface area contributed by atoms with Gasteiger partial charge in [-0.2, -0.15) is 0 Å². The van der Waals surface area contributed by atoms with Crippen molar-refractivity contribution in [2.75, 3.05) is 11.1 Å². The predicted octanol–water partition coefficient (Wildman–Crippen LogP) is 2.57. The minimum absolute atomic E-state index is 0.311. The van der Waals surface area contributed by atoms with Gasteiger partial charge in [0.1, 0.15) is 5.82 Å². The van der Waals surface area contributed by atoms with Crippen molar-refractivity contribution in [2.24, 2.45) is 0 Å². The summed E-state index contributed by atoms with van der Waals surface area (Å²) >= 11 is 5.91. The van der Waals surface area contributed by atoms with Crippen molar-refractivity contribution in [2.45, 2.75) is 0 Å². The molecule has 0 aliphatic heterocycles. The molecule has 0 aliphatic rings. The number of amides is 1. The van der Waals surface area contributed by atoms with E-state index in [2.05, 4.69) is 10.3 Å². The second-order valence-corrected chi connectivity index (χ2v) is 3.82. The van der Waals surface area contributed by atoms with Crippen molar-refractivity contribution in [3.8, 4) is 0 Å². The molecular formula is C12H10ClN3O. The molecule has 0 spiro atoms. The normalized spacial score (nSPS) is 9.94. The zero-order valence-corrected chi connectivity index (χ0v) is 9.61. The number of pyridine rings is 1. The Morgan fingerprint density at radius 2 is 2.06 bits per heavy atom. The SMILES string of the molecule is Nc1ccnc(NC(=O)c2ccccc2Cl)c1. The van der Waals surface area contributed by atoms with Crippen LogP contribution in [0.3, 0.4) is 0 Å². The second kappa shape index (κ2) is 4.84. The molecular weight excluding hydrogens is 238 g/mol. The van der Waals surface area contributed by atoms with E-state index in [4.69, 9.17) is 17.3 Å². The van der Waals surface area contributed by atoms with Gasteiger partial charge in [-0.15, -0.1) is 0 Å². The zero-order chi connectivity index (χ0) is 12.3. The van der Waals surface area contributed by atoms with Gasteiger partial charge in [0.25, 0.3) is 5.91 Å². The van der Waals surface area contributed by atoms with Crippen LogP contribution in [0.25, 0.3) is 0 Å². The second-order valence-electron chi connectivity index (χ2n) is 3.41. The number of carbonyl (C=O) groups excluding carboxylic acids is 1. The molecule has 0 atom stereocenters. The first-order valence-electron chi connectivity index (χ1n) is 4.94. The number of rotatable bonds is 2. The highest BCUT2D eigenvalue weighted by molar-refractivity contribution is 6.34. The number of nitrogen functional groups attached to an aromatic ring is 1. The lowest BCUT2D eigenvalue weighted by Gasteiger charge is -2.06. The highest BCUT2D eigenvalue weighted by Crippen LogP contribution is 2.17. The van der Waals surface area contributed by atoms with Crippen molar-refractivity contribution >= 4 is 29.0 Å². The molecule has 0 radical (unpaired) electrons. The summed E-state index contributed by atoms with van der Waals surface area (Å²) in [6, 6.07) is 10.0. The fourth-order valence-corrected chi connectivity index (χ4v) is 1.57. The number of anilines is 2. The van der Waals surface area contributed by atoms with Crippen molar-refractivity contribution < 1.29 is 4.79 Å². The van der Waals surface area contributed by atoms with E-state index >= 15 is 0 Å². The summed E-state index contributed by atoms with van der Waals surface area (Å²) in [6.07, 6.45) is 1.53. The summed E-state index contributed by atoms with van der Waals surface area (Å²) in [5.41, 5.74) is 6.52. The molecule has 5 heteroatoms. The maximum Gasteiger partial charge on any atom is 0.258 e. The number of nitrogens with one attached hydrogen (secondary N) is 1. The van der Waals surface area contributed by atoms with Crippen molar-refractivity contribution in [1.29, 1.82) is 0 Å². The average Bonchev–Trinajstić information content (AvgIpc) is 2.29. The van der Waals surface area contributed by atoms with Crippen LogP contribution in [0.1, 0.15) is 10.4 Å². The first-order chi connectivity index (χ1) is 8.16. The third-order valence-electron chi connectivity index (χ3n) is 2.14. The minimum Gasteiger partial charge on any atom is -0.399 e. The molecule has 1 amide bonds. The number of nitrogens with two attached hydrogens (primary N) is 1. The van der Waals surface area contributed by atoms with Crippen molar-refractivity contribution in [3.05, 3.63) is 53.2 Å². The molecule has 4 nitrogen and oxygen atoms in total. The molecule has 1 heterocycles. The van der Waals surface area contributed by atoms with E-state index in [1.165, 1.54) is 6.20 Å². The van der Waals surface area contributed by atoms with E-state index in [1.54, 1.807) is 36.4 Å². The Balaban J connectivity index is 2.20. The van der Waals surface area contributed by atoms with Crippen LogP contribution < -0.4 is 11.1 Å². The largest absolute Gasteiger partial charge is 0.399 e. The fourth-order valence-electron chi connectivity index (χ4n) is 1.34. The van der Waals surface area contributed by atoms with Gasteiger partial charge in [-0.05, 0) is 18.2 Å². The summed E-state index contributed by atoms with van der Waals surface area (Å²) in [4.78, 5) is 15.8. The van der Waals surface area contributed by atoms with E-state index in [1.807, 2.05) is 0 Å². The molecule has 17 heavy (non-hydrogen) atoms. The lowest BCUT2D eigenvalue weighted by molar-refractivity contribution is 0.102.